The minimum Gasteiger partial charge on any atom is -0.370 e. The van der Waals surface area contributed by atoms with Gasteiger partial charge in [0.15, 0.2) is 11.9 Å². The van der Waals surface area contributed by atoms with Gasteiger partial charge in [-0.2, -0.15) is 0 Å². The third-order valence-corrected chi connectivity index (χ3v) is 12.0. The van der Waals surface area contributed by atoms with Crippen LogP contribution in [-0.4, -0.2) is 169 Å². The van der Waals surface area contributed by atoms with Crippen LogP contribution < -0.4 is 82.3 Å². The number of carbonyl (C=O) groups excluding carboxylic acids is 11. The minimum atomic E-state index is -1.26. The first-order valence-electron chi connectivity index (χ1n) is 26.1. The molecule has 9 atom stereocenters. The molecule has 1 aliphatic rings. The van der Waals surface area contributed by atoms with E-state index in [0.717, 1.165) is 0 Å². The zero-order chi connectivity index (χ0) is 58.5. The van der Waals surface area contributed by atoms with Crippen molar-refractivity contribution in [2.75, 3.05) is 32.7 Å². The number of nitrogens with zero attached hydrogens (tertiary/aromatic N) is 3. The Morgan fingerprint density at radius 3 is 1.49 bits per heavy atom. The van der Waals surface area contributed by atoms with E-state index in [9.17, 15) is 52.7 Å². The van der Waals surface area contributed by atoms with Gasteiger partial charge < -0.3 is 87.2 Å². The molecule has 21 N–H and O–H groups in total. The average Bonchev–Trinajstić information content (AvgIpc) is 3.84. The van der Waals surface area contributed by atoms with Crippen molar-refractivity contribution in [3.05, 3.63) is 0 Å². The highest BCUT2D eigenvalue weighted by Crippen LogP contribution is 2.21. The third kappa shape index (κ3) is 26.8. The fraction of sp³-hybridized carbons (Fsp3) is 0.729. The summed E-state index contributed by atoms with van der Waals surface area (Å²) in [7, 11) is 0. The number of likely N-dealkylation sites (tertiary alicyclic amines) is 1. The van der Waals surface area contributed by atoms with E-state index in [1.54, 1.807) is 13.8 Å². The van der Waals surface area contributed by atoms with Gasteiger partial charge in [0, 0.05) is 26.6 Å². The monoisotopic (exact) mass is 1090 g/mol. The van der Waals surface area contributed by atoms with Crippen molar-refractivity contribution in [1.82, 2.24) is 52.8 Å². The third-order valence-electron chi connectivity index (χ3n) is 12.0. The van der Waals surface area contributed by atoms with Gasteiger partial charge in [0.2, 0.25) is 65.0 Å². The summed E-state index contributed by atoms with van der Waals surface area (Å²) in [5.74, 6) is -8.01. The Kier molecular flexibility index (Phi) is 30.8. The highest BCUT2D eigenvalue weighted by Gasteiger charge is 2.39. The van der Waals surface area contributed by atoms with Crippen LogP contribution in [0.25, 0.3) is 0 Å². The fourth-order valence-electron chi connectivity index (χ4n) is 8.03. The van der Waals surface area contributed by atoms with Gasteiger partial charge in [-0.25, -0.2) is 0 Å². The predicted molar refractivity (Wildman–Crippen MR) is 287 cm³/mol. The second-order valence-corrected chi connectivity index (χ2v) is 20.0. The average molecular weight is 1090 g/mol. The molecule has 0 bridgehead atoms. The Bertz CT molecular complexity index is 2080. The number of nitrogens with one attached hydrogen (secondary N) is 9. The lowest BCUT2D eigenvalue weighted by Gasteiger charge is -2.30. The topological polar surface area (TPSA) is 480 Å². The van der Waals surface area contributed by atoms with E-state index in [2.05, 4.69) is 57.8 Å². The quantitative estimate of drug-likeness (QED) is 0.0160. The number of rotatable bonds is 35. The summed E-state index contributed by atoms with van der Waals surface area (Å²) in [5.41, 5.74) is 32.9. The fourth-order valence-corrected chi connectivity index (χ4v) is 8.03. The van der Waals surface area contributed by atoms with Gasteiger partial charge in [-0.05, 0) is 110 Å². The van der Waals surface area contributed by atoms with Crippen LogP contribution in [0.2, 0.25) is 0 Å². The molecule has 77 heavy (non-hydrogen) atoms. The number of primary amides is 1. The van der Waals surface area contributed by atoms with Crippen LogP contribution in [0.15, 0.2) is 9.98 Å². The van der Waals surface area contributed by atoms with Crippen LogP contribution in [0.3, 0.4) is 0 Å². The van der Waals surface area contributed by atoms with Gasteiger partial charge in [0.25, 0.3) is 0 Å². The summed E-state index contributed by atoms with van der Waals surface area (Å²) in [6.45, 7) is 12.9. The molecule has 1 fully saturated rings. The van der Waals surface area contributed by atoms with Crippen molar-refractivity contribution in [3.63, 3.8) is 0 Å². The first kappa shape index (κ1) is 67.7. The number of aliphatic imine (C=N–C) groups is 2. The van der Waals surface area contributed by atoms with Gasteiger partial charge in [0.1, 0.15) is 54.4 Å². The smallest absolute Gasteiger partial charge is 0.245 e. The van der Waals surface area contributed by atoms with E-state index in [-0.39, 0.29) is 88.3 Å². The standard InChI is InChI=1S/C48H88N18O11/c1-25(2)22-34(38(50)69)64-40(71)27(5)58-37(68)24-57-42(73)31(14-9-10-18-49)62-41(72)29(7)59-39(70)28(6)60-44(75)35(23-26(3)4)65-43(74)32(15-11-19-55-47(51)52)63-45(76)36-17-13-21-66(36)46(77)33(61-30(8)67)16-12-20-56-48(53)54/h25-29,31-36H,9-24,49H2,1-8H3,(H2,50,69)(H,57,73)(H,58,68)(H,59,70)(H,60,75)(H,61,67)(H,62,72)(H,63,76)(H,64,71)(H,65,74)(H4,51,52,55)(H4,53,54,56)/t27-,28-,29-,31-,32-,33-,34-,35-,36-/m0/s1. The van der Waals surface area contributed by atoms with Gasteiger partial charge in [-0.1, -0.05) is 27.7 Å². The second kappa shape index (κ2) is 35.1. The van der Waals surface area contributed by atoms with Crippen molar-refractivity contribution in [3.8, 4) is 0 Å². The zero-order valence-corrected chi connectivity index (χ0v) is 46.0. The lowest BCUT2D eigenvalue weighted by Crippen LogP contribution is -2.59. The molecule has 0 spiro atoms. The van der Waals surface area contributed by atoms with Crippen LogP contribution in [0.5, 0.6) is 0 Å². The molecule has 0 unspecified atom stereocenters. The van der Waals surface area contributed by atoms with Crippen molar-refractivity contribution in [2.45, 2.75) is 180 Å². The van der Waals surface area contributed by atoms with E-state index in [1.165, 1.54) is 32.6 Å². The van der Waals surface area contributed by atoms with Crippen molar-refractivity contribution < 1.29 is 52.7 Å². The first-order valence-corrected chi connectivity index (χ1v) is 26.1. The Labute approximate surface area is 450 Å². The van der Waals surface area contributed by atoms with Crippen LogP contribution in [0.4, 0.5) is 0 Å². The number of nitrogens with two attached hydrogens (primary N) is 6. The molecule has 1 saturated heterocycles. The van der Waals surface area contributed by atoms with E-state index in [1.807, 2.05) is 13.8 Å². The van der Waals surface area contributed by atoms with Crippen LogP contribution in [0, 0.1) is 11.8 Å². The predicted octanol–water partition coefficient (Wildman–Crippen LogP) is -5.13. The molecule has 1 heterocycles. The number of hydrogen-bond acceptors (Lipinski definition) is 14. The molecule has 436 valence electrons. The van der Waals surface area contributed by atoms with E-state index < -0.39 is 126 Å². The Morgan fingerprint density at radius 2 is 0.974 bits per heavy atom. The number of unbranched alkanes of at least 4 members (excludes halogenated alkanes) is 1. The zero-order valence-electron chi connectivity index (χ0n) is 46.0. The summed E-state index contributed by atoms with van der Waals surface area (Å²) >= 11 is 0. The molecular weight excluding hydrogens is 1000 g/mol. The number of amides is 11. The summed E-state index contributed by atoms with van der Waals surface area (Å²) in [6.07, 6.45) is 2.87. The first-order chi connectivity index (χ1) is 36.1. The maximum absolute atomic E-state index is 14.1. The van der Waals surface area contributed by atoms with E-state index in [4.69, 9.17) is 34.4 Å². The highest BCUT2D eigenvalue weighted by atomic mass is 16.2. The Balaban J connectivity index is 3.12. The lowest BCUT2D eigenvalue weighted by atomic mass is 10.0. The molecular formula is C48H88N18O11. The molecule has 29 heteroatoms. The summed E-state index contributed by atoms with van der Waals surface area (Å²) in [4.78, 5) is 154. The van der Waals surface area contributed by atoms with Gasteiger partial charge in [-0.3, -0.25) is 62.7 Å². The largest absolute Gasteiger partial charge is 0.370 e. The van der Waals surface area contributed by atoms with Crippen molar-refractivity contribution in [1.29, 1.82) is 0 Å². The van der Waals surface area contributed by atoms with Crippen LogP contribution in [0.1, 0.15) is 126 Å². The Hall–Kier alpha value is -7.33. The van der Waals surface area contributed by atoms with E-state index >= 15 is 0 Å². The summed E-state index contributed by atoms with van der Waals surface area (Å²) in [5, 5.41) is 23.1. The van der Waals surface area contributed by atoms with Crippen molar-refractivity contribution in [2.24, 2.45) is 56.2 Å². The number of hydrogen-bond donors (Lipinski definition) is 15. The van der Waals surface area contributed by atoms with Crippen LogP contribution in [-0.2, 0) is 52.7 Å². The van der Waals surface area contributed by atoms with Crippen molar-refractivity contribution >= 4 is 76.9 Å². The molecule has 11 amide bonds. The molecule has 29 nitrogen and oxygen atoms in total. The highest BCUT2D eigenvalue weighted by molar-refractivity contribution is 5.98. The molecule has 0 aliphatic carbocycles. The molecule has 0 aromatic heterocycles. The molecule has 1 rings (SSSR count). The number of guanidine groups is 2. The normalized spacial score (nSPS) is 16.1. The molecule has 1 aliphatic heterocycles. The summed E-state index contributed by atoms with van der Waals surface area (Å²) < 4.78 is 0. The molecule has 0 aromatic carbocycles. The second-order valence-electron chi connectivity index (χ2n) is 20.0. The molecule has 0 radical (unpaired) electrons. The summed E-state index contributed by atoms with van der Waals surface area (Å²) in [6, 6.07) is -10.2. The lowest BCUT2D eigenvalue weighted by molar-refractivity contribution is -0.142. The molecule has 0 aromatic rings. The minimum absolute atomic E-state index is 0.00718. The van der Waals surface area contributed by atoms with E-state index in [0.29, 0.717) is 32.2 Å². The SMILES string of the molecule is CC(=O)N[C@@H](CCCN=C(N)N)C(=O)N1CCC[C@H]1C(=O)N[C@@H](CCCN=C(N)N)C(=O)N[C@@H](CC(C)C)C(=O)N[C@@H](C)C(=O)N[C@@H](C)C(=O)N[C@@H](CCCCN)C(=O)NCC(=O)N[C@@H](C)C(=O)N[C@@H](CC(C)C)C(N)=O. The van der Waals surface area contributed by atoms with Crippen LogP contribution >= 0.6 is 0 Å². The van der Waals surface area contributed by atoms with Gasteiger partial charge >= 0.3 is 0 Å². The maximum Gasteiger partial charge on any atom is 0.245 e. The van der Waals surface area contributed by atoms with Gasteiger partial charge in [0.05, 0.1) is 6.54 Å². The Morgan fingerprint density at radius 1 is 0.519 bits per heavy atom. The van der Waals surface area contributed by atoms with Gasteiger partial charge in [-0.15, -0.1) is 0 Å². The number of carbonyl (C=O) groups is 11. The maximum atomic E-state index is 14.1. The molecule has 0 saturated carbocycles.